The van der Waals surface area contributed by atoms with Gasteiger partial charge in [0, 0.05) is 17.0 Å². The first-order valence-electron chi connectivity index (χ1n) is 7.66. The third-order valence-electron chi connectivity index (χ3n) is 3.43. The molecule has 0 amide bonds. The van der Waals surface area contributed by atoms with E-state index in [1.165, 1.54) is 5.84 Å². The minimum absolute atomic E-state index is 0.0701. The van der Waals surface area contributed by atoms with Gasteiger partial charge < -0.3 is 4.90 Å². The number of hydrogen-bond acceptors (Lipinski definition) is 1. The van der Waals surface area contributed by atoms with Crippen molar-refractivity contribution < 1.29 is 0 Å². The lowest BCUT2D eigenvalue weighted by molar-refractivity contribution is 0.176. The maximum atomic E-state index is 5.08. The Morgan fingerprint density at radius 3 is 1.47 bits per heavy atom. The lowest BCUT2D eigenvalue weighted by Crippen LogP contribution is -2.54. The van der Waals surface area contributed by atoms with Crippen LogP contribution < -0.4 is 0 Å². The average Bonchev–Trinajstić information content (AvgIpc) is 2.11. The fraction of sp³-hybridized carbons (Fsp3) is 0.941. The molecule has 0 saturated heterocycles. The fourth-order valence-electron chi connectivity index (χ4n) is 2.30. The van der Waals surface area contributed by atoms with E-state index in [1.54, 1.807) is 0 Å². The molecule has 0 fully saturated rings. The van der Waals surface area contributed by atoms with Crippen molar-refractivity contribution in [3.05, 3.63) is 0 Å². The van der Waals surface area contributed by atoms with Crippen molar-refractivity contribution in [2.75, 3.05) is 0 Å². The molecule has 0 rings (SSSR count). The molecule has 0 aromatic rings. The summed E-state index contributed by atoms with van der Waals surface area (Å²) in [4.78, 5) is 7.56. The zero-order valence-corrected chi connectivity index (χ0v) is 15.1. The van der Waals surface area contributed by atoms with E-state index in [0.29, 0.717) is 18.0 Å². The predicted molar refractivity (Wildman–Crippen MR) is 87.9 cm³/mol. The molecule has 0 heterocycles. The van der Waals surface area contributed by atoms with Gasteiger partial charge in [-0.05, 0) is 47.5 Å². The summed E-state index contributed by atoms with van der Waals surface area (Å²) in [5, 5.41) is 0. The number of amidine groups is 1. The topological polar surface area (TPSA) is 15.6 Å². The lowest BCUT2D eigenvalue weighted by Gasteiger charge is -2.46. The zero-order valence-electron chi connectivity index (χ0n) is 15.1. The quantitative estimate of drug-likeness (QED) is 0.520. The van der Waals surface area contributed by atoms with Crippen molar-refractivity contribution in [1.82, 2.24) is 4.90 Å². The molecular weight excluding hydrogens is 232 g/mol. The van der Waals surface area contributed by atoms with Crippen LogP contribution in [-0.4, -0.2) is 28.4 Å². The molecule has 0 aromatic carbocycles. The number of hydrogen-bond donors (Lipinski definition) is 0. The van der Waals surface area contributed by atoms with E-state index in [1.807, 2.05) is 0 Å². The average molecular weight is 268 g/mol. The van der Waals surface area contributed by atoms with E-state index >= 15 is 0 Å². The first kappa shape index (κ1) is 18.5. The molecule has 0 saturated carbocycles. The van der Waals surface area contributed by atoms with E-state index in [9.17, 15) is 0 Å². The van der Waals surface area contributed by atoms with Gasteiger partial charge in [0.05, 0.1) is 6.04 Å². The molecule has 0 aliphatic rings. The Labute approximate surface area is 121 Å². The third-order valence-corrected chi connectivity index (χ3v) is 3.43. The van der Waals surface area contributed by atoms with Crippen molar-refractivity contribution in [3.8, 4) is 0 Å². The van der Waals surface area contributed by atoms with Crippen molar-refractivity contribution in [1.29, 1.82) is 0 Å². The Bertz CT molecular complexity index is 300. The van der Waals surface area contributed by atoms with Crippen LogP contribution in [0, 0.1) is 11.3 Å². The summed E-state index contributed by atoms with van der Waals surface area (Å²) in [6.45, 7) is 24.8. The first-order valence-corrected chi connectivity index (χ1v) is 7.66. The van der Waals surface area contributed by atoms with Crippen molar-refractivity contribution >= 4 is 5.84 Å². The largest absolute Gasteiger partial charge is 0.353 e. The minimum atomic E-state index is 0.0701. The van der Waals surface area contributed by atoms with Gasteiger partial charge in [0.1, 0.15) is 5.84 Å². The summed E-state index contributed by atoms with van der Waals surface area (Å²) in [6, 6.07) is 0.815. The third kappa shape index (κ3) is 5.54. The molecule has 1 unspecified atom stereocenters. The Morgan fingerprint density at radius 1 is 0.842 bits per heavy atom. The SMILES string of the molecule is CC(C)C(C)/N=C(\N(C(C)C)C(C)(C)C)C(C)(C)C. The Balaban J connectivity index is 5.72. The second kappa shape index (κ2) is 6.28. The summed E-state index contributed by atoms with van der Waals surface area (Å²) in [7, 11) is 0. The van der Waals surface area contributed by atoms with E-state index in [4.69, 9.17) is 4.99 Å². The molecule has 19 heavy (non-hydrogen) atoms. The van der Waals surface area contributed by atoms with Gasteiger partial charge in [-0.1, -0.05) is 34.6 Å². The van der Waals surface area contributed by atoms with E-state index < -0.39 is 0 Å². The van der Waals surface area contributed by atoms with Crippen LogP contribution in [0.1, 0.15) is 76.2 Å². The van der Waals surface area contributed by atoms with Crippen LogP contribution in [0.3, 0.4) is 0 Å². The van der Waals surface area contributed by atoms with Gasteiger partial charge in [-0.15, -0.1) is 0 Å². The van der Waals surface area contributed by atoms with Crippen molar-refractivity contribution in [2.45, 2.75) is 93.8 Å². The molecule has 2 nitrogen and oxygen atoms in total. The van der Waals surface area contributed by atoms with Crippen LogP contribution in [0.2, 0.25) is 0 Å². The van der Waals surface area contributed by atoms with Gasteiger partial charge >= 0.3 is 0 Å². The molecule has 0 bridgehead atoms. The summed E-state index contributed by atoms with van der Waals surface area (Å²) < 4.78 is 0. The molecule has 0 N–H and O–H groups in total. The van der Waals surface area contributed by atoms with Crippen molar-refractivity contribution in [2.24, 2.45) is 16.3 Å². The maximum Gasteiger partial charge on any atom is 0.105 e. The molecule has 0 aliphatic carbocycles. The highest BCUT2D eigenvalue weighted by Crippen LogP contribution is 2.28. The van der Waals surface area contributed by atoms with Gasteiger partial charge in [0.2, 0.25) is 0 Å². The van der Waals surface area contributed by atoms with Gasteiger partial charge in [0.25, 0.3) is 0 Å². The normalized spacial score (nSPS) is 16.2. The molecule has 0 radical (unpaired) electrons. The summed E-state index contributed by atoms with van der Waals surface area (Å²) in [6.07, 6.45) is 0. The van der Waals surface area contributed by atoms with Gasteiger partial charge in [-0.3, -0.25) is 4.99 Å². The Morgan fingerprint density at radius 2 is 1.26 bits per heavy atom. The molecule has 0 spiro atoms. The highest BCUT2D eigenvalue weighted by atomic mass is 15.3. The summed E-state index contributed by atoms with van der Waals surface area (Å²) >= 11 is 0. The van der Waals surface area contributed by atoms with Gasteiger partial charge in [-0.25, -0.2) is 0 Å². The van der Waals surface area contributed by atoms with Crippen LogP contribution in [-0.2, 0) is 0 Å². The standard InChI is InChI=1S/C17H36N2/c1-12(2)14(5)18-15(16(6,7)8)19(13(3)4)17(9,10)11/h12-14H,1-11H3/b18-15-. The number of nitrogens with zero attached hydrogens (tertiary/aromatic N) is 2. The van der Waals surface area contributed by atoms with E-state index in [-0.39, 0.29) is 11.0 Å². The van der Waals surface area contributed by atoms with Crippen LogP contribution >= 0.6 is 0 Å². The number of rotatable bonds is 3. The number of aliphatic imine (C=N–C) groups is 1. The minimum Gasteiger partial charge on any atom is -0.353 e. The Hall–Kier alpha value is -0.530. The molecule has 2 heteroatoms. The van der Waals surface area contributed by atoms with Crippen LogP contribution in [0.15, 0.2) is 4.99 Å². The first-order chi connectivity index (χ1) is 8.28. The highest BCUT2D eigenvalue weighted by Gasteiger charge is 2.34. The fourth-order valence-corrected chi connectivity index (χ4v) is 2.30. The Kier molecular flexibility index (Phi) is 6.10. The van der Waals surface area contributed by atoms with E-state index in [0.717, 1.165) is 0 Å². The highest BCUT2D eigenvalue weighted by molar-refractivity contribution is 5.88. The second-order valence-electron chi connectivity index (χ2n) is 8.32. The maximum absolute atomic E-state index is 5.08. The smallest absolute Gasteiger partial charge is 0.105 e. The summed E-state index contributed by atoms with van der Waals surface area (Å²) in [5.74, 6) is 1.81. The van der Waals surface area contributed by atoms with Gasteiger partial charge in [-0.2, -0.15) is 0 Å². The zero-order chi connectivity index (χ0) is 15.6. The second-order valence-corrected chi connectivity index (χ2v) is 8.32. The van der Waals surface area contributed by atoms with E-state index in [2.05, 4.69) is 81.1 Å². The predicted octanol–water partition coefficient (Wildman–Crippen LogP) is 4.98. The molecule has 1 atom stereocenters. The molecule has 0 aliphatic heterocycles. The van der Waals surface area contributed by atoms with Gasteiger partial charge in [0.15, 0.2) is 0 Å². The lowest BCUT2D eigenvalue weighted by atomic mass is 9.89. The molecule has 114 valence electrons. The van der Waals surface area contributed by atoms with Crippen LogP contribution in [0.5, 0.6) is 0 Å². The molecular formula is C17H36N2. The van der Waals surface area contributed by atoms with Crippen molar-refractivity contribution in [3.63, 3.8) is 0 Å². The summed E-state index contributed by atoms with van der Waals surface area (Å²) in [5.41, 5.74) is 0.164. The van der Waals surface area contributed by atoms with Crippen LogP contribution in [0.4, 0.5) is 0 Å². The monoisotopic (exact) mass is 268 g/mol. The molecule has 0 aromatic heterocycles. The van der Waals surface area contributed by atoms with Crippen LogP contribution in [0.25, 0.3) is 0 Å².